The zero-order valence-corrected chi connectivity index (χ0v) is 26.7. The summed E-state index contributed by atoms with van der Waals surface area (Å²) in [5.74, 6) is 0.624. The van der Waals surface area contributed by atoms with Crippen molar-refractivity contribution in [2.45, 2.75) is 37.5 Å². The van der Waals surface area contributed by atoms with E-state index in [4.69, 9.17) is 10.8 Å². The van der Waals surface area contributed by atoms with Crippen molar-refractivity contribution in [2.24, 2.45) is 0 Å². The summed E-state index contributed by atoms with van der Waals surface area (Å²) in [5.41, 5.74) is 17.1. The smallest absolute Gasteiger partial charge is 0.0220 e. The van der Waals surface area contributed by atoms with Crippen molar-refractivity contribution in [3.63, 3.8) is 0 Å². The number of nitrogens with one attached hydrogen (secondary N) is 2. The molecule has 0 radical (unpaired) electrons. The van der Waals surface area contributed by atoms with E-state index in [0.29, 0.717) is 5.92 Å². The fourth-order valence-corrected chi connectivity index (χ4v) is 8.70. The summed E-state index contributed by atoms with van der Waals surface area (Å²) in [6.07, 6.45) is 3.66. The molecule has 7 aromatic rings. The molecular formula is C46H34N2. The minimum atomic E-state index is 0.221. The van der Waals surface area contributed by atoms with E-state index < -0.39 is 0 Å². The fraction of sp³-hybridized carbons (Fsp3) is 0.130. The summed E-state index contributed by atoms with van der Waals surface area (Å²) in [6, 6.07) is 49.5. The van der Waals surface area contributed by atoms with E-state index in [1.54, 1.807) is 0 Å². The van der Waals surface area contributed by atoms with Gasteiger partial charge < -0.3 is 10.8 Å². The van der Waals surface area contributed by atoms with Crippen LogP contribution < -0.4 is 0 Å². The van der Waals surface area contributed by atoms with Crippen molar-refractivity contribution in [1.29, 1.82) is 10.8 Å². The standard InChI is InChI=1S/C46H34N2/c47-33-25-30(26-33)29-22-31(24-32(23-29)35-20-21-41(35)48)34-18-19-40-44-36(34)16-9-17-39(44)45-42(27-10-3-1-4-11-27)37-14-7-8-15-38(37)43(46(40)45)28-12-5-2-6-13-28/h1-19,22-24,30,35,47-48H,20-21,25-26H2. The zero-order valence-electron chi connectivity index (χ0n) is 26.7. The predicted octanol–water partition coefficient (Wildman–Crippen LogP) is 12.4. The maximum Gasteiger partial charge on any atom is 0.0220 e. The Kier molecular flexibility index (Phi) is 5.99. The monoisotopic (exact) mass is 614 g/mol. The first kappa shape index (κ1) is 27.5. The second-order valence-electron chi connectivity index (χ2n) is 13.9. The van der Waals surface area contributed by atoms with Gasteiger partial charge in [0.25, 0.3) is 0 Å². The molecule has 48 heavy (non-hydrogen) atoms. The van der Waals surface area contributed by atoms with E-state index in [-0.39, 0.29) is 5.92 Å². The van der Waals surface area contributed by atoms with Gasteiger partial charge in [-0.15, -0.1) is 0 Å². The van der Waals surface area contributed by atoms with E-state index in [0.717, 1.165) is 37.1 Å². The van der Waals surface area contributed by atoms with Crippen molar-refractivity contribution in [3.8, 4) is 55.6 Å². The lowest BCUT2D eigenvalue weighted by Gasteiger charge is -2.31. The maximum absolute atomic E-state index is 8.55. The Balaban J connectivity index is 1.28. The Morgan fingerprint density at radius 2 is 1.02 bits per heavy atom. The van der Waals surface area contributed by atoms with Gasteiger partial charge in [0.15, 0.2) is 0 Å². The molecule has 0 heterocycles. The Labute approximate surface area is 280 Å². The molecule has 3 aliphatic carbocycles. The summed E-state index contributed by atoms with van der Waals surface area (Å²) in [4.78, 5) is 0. The summed E-state index contributed by atoms with van der Waals surface area (Å²) in [6.45, 7) is 0. The molecule has 2 saturated carbocycles. The van der Waals surface area contributed by atoms with Crippen LogP contribution in [0.3, 0.4) is 0 Å². The van der Waals surface area contributed by atoms with Gasteiger partial charge in [0, 0.05) is 17.3 Å². The lowest BCUT2D eigenvalue weighted by atomic mass is 9.73. The molecule has 0 saturated heterocycles. The van der Waals surface area contributed by atoms with E-state index in [1.807, 2.05) is 0 Å². The van der Waals surface area contributed by atoms with Crippen molar-refractivity contribution in [3.05, 3.63) is 145 Å². The number of hydrogen-bond donors (Lipinski definition) is 2. The molecule has 0 aliphatic heterocycles. The van der Waals surface area contributed by atoms with Crippen LogP contribution in [0, 0.1) is 10.8 Å². The maximum atomic E-state index is 8.55. The topological polar surface area (TPSA) is 47.7 Å². The average molecular weight is 615 g/mol. The van der Waals surface area contributed by atoms with E-state index >= 15 is 0 Å². The lowest BCUT2D eigenvalue weighted by molar-refractivity contribution is 0.646. The van der Waals surface area contributed by atoms with Crippen LogP contribution in [0.4, 0.5) is 0 Å². The van der Waals surface area contributed by atoms with Crippen molar-refractivity contribution < 1.29 is 0 Å². The van der Waals surface area contributed by atoms with Gasteiger partial charge in [-0.25, -0.2) is 0 Å². The molecule has 0 spiro atoms. The van der Waals surface area contributed by atoms with E-state index in [1.165, 1.54) is 88.3 Å². The number of rotatable bonds is 5. The van der Waals surface area contributed by atoms with Crippen LogP contribution >= 0.6 is 0 Å². The minimum Gasteiger partial charge on any atom is -0.310 e. The van der Waals surface area contributed by atoms with Crippen LogP contribution in [-0.4, -0.2) is 11.4 Å². The lowest BCUT2D eigenvalue weighted by Crippen LogP contribution is -2.24. The Morgan fingerprint density at radius 3 is 1.60 bits per heavy atom. The van der Waals surface area contributed by atoms with Crippen LogP contribution in [-0.2, 0) is 0 Å². The highest BCUT2D eigenvalue weighted by molar-refractivity contribution is 6.28. The van der Waals surface area contributed by atoms with Crippen LogP contribution in [0.5, 0.6) is 0 Å². The normalized spacial score (nSPS) is 17.8. The summed E-state index contributed by atoms with van der Waals surface area (Å²) < 4.78 is 0. The van der Waals surface area contributed by atoms with Crippen LogP contribution in [0.1, 0.15) is 48.6 Å². The molecule has 1 atom stereocenters. The van der Waals surface area contributed by atoms with Crippen molar-refractivity contribution in [2.75, 3.05) is 0 Å². The first-order valence-corrected chi connectivity index (χ1v) is 17.2. The summed E-state index contributed by atoms with van der Waals surface area (Å²) >= 11 is 0. The highest BCUT2D eigenvalue weighted by atomic mass is 14.5. The fourth-order valence-electron chi connectivity index (χ4n) is 8.70. The Morgan fingerprint density at radius 1 is 0.458 bits per heavy atom. The van der Waals surface area contributed by atoms with Crippen LogP contribution in [0.15, 0.2) is 133 Å². The Hall–Kier alpha value is -5.60. The molecule has 228 valence electrons. The van der Waals surface area contributed by atoms with Gasteiger partial charge in [0.2, 0.25) is 0 Å². The van der Waals surface area contributed by atoms with Crippen molar-refractivity contribution in [1.82, 2.24) is 0 Å². The SMILES string of the molecule is N=C1CC(c2cc(-c3ccc4c5c(cccc35)-c3c-4c(-c4ccccc4)c4ccccc4c3-c3ccccc3)cc(C3CCC3=N)c2)C1. The van der Waals surface area contributed by atoms with Gasteiger partial charge in [-0.2, -0.15) is 0 Å². The third-order valence-corrected chi connectivity index (χ3v) is 11.2. The zero-order chi connectivity index (χ0) is 31.9. The predicted molar refractivity (Wildman–Crippen MR) is 202 cm³/mol. The molecule has 3 aliphatic rings. The number of benzene rings is 7. The van der Waals surface area contributed by atoms with Gasteiger partial charge in [0.05, 0.1) is 0 Å². The molecule has 0 amide bonds. The summed E-state index contributed by atoms with van der Waals surface area (Å²) in [5, 5.41) is 21.8. The van der Waals surface area contributed by atoms with Crippen LogP contribution in [0.2, 0.25) is 0 Å². The van der Waals surface area contributed by atoms with Gasteiger partial charge in [-0.3, -0.25) is 0 Å². The van der Waals surface area contributed by atoms with Gasteiger partial charge in [0.1, 0.15) is 0 Å². The highest BCUT2D eigenvalue weighted by Crippen LogP contribution is 2.58. The van der Waals surface area contributed by atoms with Gasteiger partial charge in [-0.1, -0.05) is 133 Å². The second-order valence-corrected chi connectivity index (χ2v) is 13.9. The second kappa shape index (κ2) is 10.5. The molecule has 2 nitrogen and oxygen atoms in total. The largest absolute Gasteiger partial charge is 0.310 e. The molecule has 2 N–H and O–H groups in total. The molecule has 1 unspecified atom stereocenters. The third kappa shape index (κ3) is 3.99. The molecule has 2 fully saturated rings. The molecule has 10 rings (SSSR count). The molecule has 0 bridgehead atoms. The molecule has 2 heteroatoms. The molecule has 7 aromatic carbocycles. The van der Waals surface area contributed by atoms with E-state index in [2.05, 4.69) is 133 Å². The Bertz CT molecular complexity index is 2390. The van der Waals surface area contributed by atoms with Crippen molar-refractivity contribution >= 4 is 33.0 Å². The first-order chi connectivity index (χ1) is 23.6. The summed E-state index contributed by atoms with van der Waals surface area (Å²) in [7, 11) is 0. The van der Waals surface area contributed by atoms with Crippen LogP contribution in [0.25, 0.3) is 77.2 Å². The number of hydrogen-bond acceptors (Lipinski definition) is 2. The average Bonchev–Trinajstić information content (AvgIpc) is 3.44. The van der Waals surface area contributed by atoms with Gasteiger partial charge >= 0.3 is 0 Å². The number of fused-ring (bicyclic) bond motifs is 4. The first-order valence-electron chi connectivity index (χ1n) is 17.2. The molecule has 0 aromatic heterocycles. The quantitative estimate of drug-likeness (QED) is 0.194. The van der Waals surface area contributed by atoms with Gasteiger partial charge in [-0.05, 0) is 120 Å². The highest BCUT2D eigenvalue weighted by Gasteiger charge is 2.33. The third-order valence-electron chi connectivity index (χ3n) is 11.2. The van der Waals surface area contributed by atoms with E-state index in [9.17, 15) is 0 Å². The minimum absolute atomic E-state index is 0.221. The molecular weight excluding hydrogens is 581 g/mol.